The number of unbranched alkanes of at least 4 members (excludes halogenated alkanes) is 1. The fourth-order valence-electron chi connectivity index (χ4n) is 6.52. The Morgan fingerprint density at radius 3 is 1.83 bits per heavy atom. The summed E-state index contributed by atoms with van der Waals surface area (Å²) in [6.07, 6.45) is 2.33. The first-order valence-electron chi connectivity index (χ1n) is 20.0. The van der Waals surface area contributed by atoms with Crippen molar-refractivity contribution in [3.8, 4) is 23.3 Å². The van der Waals surface area contributed by atoms with E-state index in [0.717, 1.165) is 6.08 Å². The lowest BCUT2D eigenvalue weighted by atomic mass is 10.0. The zero-order valence-electron chi connectivity index (χ0n) is 34.6. The molecule has 0 radical (unpaired) electrons. The van der Waals surface area contributed by atoms with Gasteiger partial charge in [-0.05, 0) is 102 Å². The number of Topliss-reactive ketones (excluding diaryl/α,β-unsaturated/α-hetero) is 1. The molecule has 4 atom stereocenters. The van der Waals surface area contributed by atoms with Crippen LogP contribution >= 0.6 is 0 Å². The van der Waals surface area contributed by atoms with E-state index in [9.17, 15) is 29.2 Å². The first-order valence-corrected chi connectivity index (χ1v) is 20.0. The molecule has 2 saturated heterocycles. The Hall–Kier alpha value is -7.85. The summed E-state index contributed by atoms with van der Waals surface area (Å²) in [6.45, 7) is 11.7. The molecule has 2 fully saturated rings. The van der Waals surface area contributed by atoms with Crippen molar-refractivity contribution in [3.63, 3.8) is 0 Å². The standard InChI is InChI=1S/C49H42N2O13/c1-4-44(53)59-24-6-5-23-58-38-19-11-32(12-20-38)26-40(51-2)41(52)27-33-7-13-34(14-8-33)47(54)63-42-29-60-46-43(30-61-45(42)46)64-48(55)35-15-21-39(22-16-35)62-49(56)36(28-50)25-31-9-17-37(57-3)18-10-31/h4,7-22,25-26,42-43,45-46H,1,5-6,23-24,27,29-30H2,3H3/b36-25+,40-26-/t42-,43+,45?,46?/m0/s1. The van der Waals surface area contributed by atoms with Crippen LogP contribution in [0.4, 0.5) is 0 Å². The van der Waals surface area contributed by atoms with Gasteiger partial charge in [-0.15, -0.1) is 0 Å². The molecule has 15 nitrogen and oxygen atoms in total. The molecule has 15 heteroatoms. The summed E-state index contributed by atoms with van der Waals surface area (Å²) in [6, 6.07) is 27.5. The molecule has 0 saturated carbocycles. The Kier molecular flexibility index (Phi) is 15.9. The van der Waals surface area contributed by atoms with Crippen LogP contribution in [0.5, 0.6) is 17.2 Å². The molecule has 0 spiro atoms. The predicted octanol–water partition coefficient (Wildman–Crippen LogP) is 6.72. The average Bonchev–Trinajstić information content (AvgIpc) is 3.91. The molecule has 4 aromatic rings. The normalized spacial score (nSPS) is 17.7. The maximum Gasteiger partial charge on any atom is 0.354 e. The quantitative estimate of drug-likeness (QED) is 0.0184. The average molecular weight is 867 g/mol. The number of esters is 4. The zero-order chi connectivity index (χ0) is 45.4. The van der Waals surface area contributed by atoms with Crippen molar-refractivity contribution in [2.75, 3.05) is 33.5 Å². The Balaban J connectivity index is 0.937. The van der Waals surface area contributed by atoms with Gasteiger partial charge in [-0.25, -0.2) is 24.0 Å². The lowest BCUT2D eigenvalue weighted by molar-refractivity contribution is -0.138. The fourth-order valence-corrected chi connectivity index (χ4v) is 6.52. The predicted molar refractivity (Wildman–Crippen MR) is 229 cm³/mol. The summed E-state index contributed by atoms with van der Waals surface area (Å²) in [5, 5.41) is 9.51. The lowest BCUT2D eigenvalue weighted by Gasteiger charge is -2.17. The molecule has 64 heavy (non-hydrogen) atoms. The van der Waals surface area contributed by atoms with Crippen LogP contribution in [0, 0.1) is 17.9 Å². The summed E-state index contributed by atoms with van der Waals surface area (Å²) < 4.78 is 44.2. The van der Waals surface area contributed by atoms with E-state index in [0.29, 0.717) is 47.6 Å². The number of hydrogen-bond acceptors (Lipinski definition) is 14. The Labute approximate surface area is 368 Å². The summed E-state index contributed by atoms with van der Waals surface area (Å²) in [4.78, 5) is 66.4. The molecule has 4 aromatic carbocycles. The van der Waals surface area contributed by atoms with Crippen LogP contribution in [0.2, 0.25) is 0 Å². The van der Waals surface area contributed by atoms with Crippen LogP contribution in [-0.4, -0.2) is 87.6 Å². The largest absolute Gasteiger partial charge is 0.497 e. The molecule has 2 heterocycles. The number of ketones is 1. The van der Waals surface area contributed by atoms with Crippen LogP contribution in [0.1, 0.15) is 50.2 Å². The van der Waals surface area contributed by atoms with E-state index in [-0.39, 0.29) is 54.4 Å². The molecule has 6 rings (SSSR count). The van der Waals surface area contributed by atoms with Crippen molar-refractivity contribution in [2.24, 2.45) is 0 Å². The number of fused-ring (bicyclic) bond motifs is 1. The van der Waals surface area contributed by atoms with Gasteiger partial charge in [0.1, 0.15) is 41.1 Å². The van der Waals surface area contributed by atoms with Crippen LogP contribution in [0.15, 0.2) is 121 Å². The Bertz CT molecular complexity index is 2480. The Morgan fingerprint density at radius 1 is 0.750 bits per heavy atom. The molecular weight excluding hydrogens is 825 g/mol. The maximum atomic E-state index is 13.1. The molecule has 2 aliphatic rings. The van der Waals surface area contributed by atoms with Crippen molar-refractivity contribution in [2.45, 2.75) is 43.7 Å². The van der Waals surface area contributed by atoms with E-state index in [4.69, 9.17) is 44.5 Å². The third kappa shape index (κ3) is 12.4. The molecule has 0 aliphatic carbocycles. The number of nitrogens with zero attached hydrogens (tertiary/aromatic N) is 2. The van der Waals surface area contributed by atoms with E-state index in [1.807, 2.05) is 6.07 Å². The van der Waals surface area contributed by atoms with Crippen molar-refractivity contribution in [1.82, 2.24) is 0 Å². The number of benzene rings is 4. The van der Waals surface area contributed by atoms with Gasteiger partial charge in [0.2, 0.25) is 5.70 Å². The van der Waals surface area contributed by atoms with Crippen molar-refractivity contribution in [1.29, 1.82) is 5.26 Å². The number of rotatable bonds is 19. The number of ether oxygens (including phenoxy) is 8. The van der Waals surface area contributed by atoms with Gasteiger partial charge in [0.25, 0.3) is 0 Å². The molecule has 2 unspecified atom stereocenters. The van der Waals surface area contributed by atoms with Crippen LogP contribution in [-0.2, 0) is 44.5 Å². The second kappa shape index (κ2) is 22.3. The molecule has 0 amide bonds. The first kappa shape index (κ1) is 45.7. The highest BCUT2D eigenvalue weighted by molar-refractivity contribution is 6.02. The van der Waals surface area contributed by atoms with Gasteiger partial charge in [0.05, 0.1) is 51.2 Å². The van der Waals surface area contributed by atoms with E-state index < -0.39 is 54.1 Å². The molecule has 0 aromatic heterocycles. The van der Waals surface area contributed by atoms with Crippen LogP contribution in [0.3, 0.4) is 0 Å². The van der Waals surface area contributed by atoms with Crippen molar-refractivity contribution >= 4 is 41.8 Å². The van der Waals surface area contributed by atoms with Crippen LogP contribution in [0.25, 0.3) is 17.0 Å². The summed E-state index contributed by atoms with van der Waals surface area (Å²) in [5.41, 5.74) is 1.96. The third-order valence-electron chi connectivity index (χ3n) is 9.91. The zero-order valence-corrected chi connectivity index (χ0v) is 34.6. The minimum absolute atomic E-state index is 0.00495. The van der Waals surface area contributed by atoms with Gasteiger partial charge in [-0.3, -0.25) is 0 Å². The molecule has 2 aliphatic heterocycles. The highest BCUT2D eigenvalue weighted by Gasteiger charge is 2.51. The van der Waals surface area contributed by atoms with Gasteiger partial charge in [0, 0.05) is 12.5 Å². The molecule has 0 bridgehead atoms. The first-order chi connectivity index (χ1) is 31.1. The second-order valence-corrected chi connectivity index (χ2v) is 14.3. The number of hydrogen-bond donors (Lipinski definition) is 0. The summed E-state index contributed by atoms with van der Waals surface area (Å²) in [5.74, 6) is -1.70. The van der Waals surface area contributed by atoms with E-state index in [2.05, 4.69) is 11.4 Å². The molecule has 0 N–H and O–H groups in total. The van der Waals surface area contributed by atoms with E-state index in [1.165, 1.54) is 55.7 Å². The maximum absolute atomic E-state index is 13.1. The number of allylic oxidation sites excluding steroid dienone is 1. The van der Waals surface area contributed by atoms with Gasteiger partial charge >= 0.3 is 23.9 Å². The molecule has 326 valence electrons. The summed E-state index contributed by atoms with van der Waals surface area (Å²) in [7, 11) is 1.53. The van der Waals surface area contributed by atoms with Crippen molar-refractivity contribution in [3.05, 3.63) is 160 Å². The van der Waals surface area contributed by atoms with Gasteiger partial charge < -0.3 is 42.7 Å². The number of carbonyl (C=O) groups excluding carboxylic acids is 5. The van der Waals surface area contributed by atoms with Gasteiger partial charge in [-0.2, -0.15) is 5.26 Å². The minimum atomic E-state index is -0.871. The Morgan fingerprint density at radius 2 is 1.28 bits per heavy atom. The van der Waals surface area contributed by atoms with Crippen LogP contribution < -0.4 is 14.2 Å². The summed E-state index contributed by atoms with van der Waals surface area (Å²) >= 11 is 0. The number of methoxy groups -OCH3 is 1. The topological polar surface area (TPSA) is 187 Å². The van der Waals surface area contributed by atoms with E-state index >= 15 is 0 Å². The molecular formula is C49H42N2O13. The van der Waals surface area contributed by atoms with Crippen molar-refractivity contribution < 1.29 is 61.9 Å². The smallest absolute Gasteiger partial charge is 0.354 e. The van der Waals surface area contributed by atoms with Gasteiger partial charge in [-0.1, -0.05) is 43.0 Å². The second-order valence-electron chi connectivity index (χ2n) is 14.3. The number of nitriles is 1. The highest BCUT2D eigenvalue weighted by Crippen LogP contribution is 2.32. The van der Waals surface area contributed by atoms with E-state index in [1.54, 1.807) is 60.7 Å². The number of carbonyl (C=O) groups is 5. The fraction of sp³-hybridized carbons (Fsp3) is 0.245. The highest BCUT2D eigenvalue weighted by atomic mass is 16.7. The monoisotopic (exact) mass is 866 g/mol. The third-order valence-corrected chi connectivity index (χ3v) is 9.91. The lowest BCUT2D eigenvalue weighted by Crippen LogP contribution is -2.36. The van der Waals surface area contributed by atoms with Gasteiger partial charge in [0.15, 0.2) is 18.0 Å². The SMILES string of the molecule is [C-]#[N+]/C(=C\c1ccc(OCCCCOC(=O)C=C)cc1)C(=O)Cc1ccc(C(=O)O[C@H]2COC3C2OC[C@H]3OC(=O)c2ccc(OC(=O)/C(C#N)=C/c3ccc(OC)cc3)cc2)cc1. The minimum Gasteiger partial charge on any atom is -0.497 e.